The molecule has 22 heavy (non-hydrogen) atoms. The number of rotatable bonds is 5. The van der Waals surface area contributed by atoms with E-state index in [0.717, 1.165) is 24.3 Å². The van der Waals surface area contributed by atoms with Crippen LogP contribution in [0.5, 0.6) is 5.75 Å². The van der Waals surface area contributed by atoms with Crippen molar-refractivity contribution >= 4 is 5.69 Å². The van der Waals surface area contributed by atoms with E-state index in [-0.39, 0.29) is 0 Å². The van der Waals surface area contributed by atoms with Crippen LogP contribution in [0, 0.1) is 0 Å². The Morgan fingerprint density at radius 1 is 1.14 bits per heavy atom. The van der Waals surface area contributed by atoms with E-state index in [9.17, 15) is 0 Å². The third-order valence-corrected chi connectivity index (χ3v) is 4.08. The van der Waals surface area contributed by atoms with Crippen LogP contribution in [0.25, 0.3) is 0 Å². The fourth-order valence-electron chi connectivity index (χ4n) is 2.73. The standard InChI is InChI=1S/C18H23N3O/c1-2-13-4-3-5-17(10-13)22-12-16-11-18(21-20-16)14-6-8-15(19)9-7-14/h3-10,16,18,20-21H,2,11-12,19H2,1H3. The van der Waals surface area contributed by atoms with Crippen molar-refractivity contribution < 1.29 is 4.74 Å². The van der Waals surface area contributed by atoms with Gasteiger partial charge in [0.25, 0.3) is 0 Å². The molecule has 2 aromatic carbocycles. The summed E-state index contributed by atoms with van der Waals surface area (Å²) in [6.07, 6.45) is 2.02. The predicted octanol–water partition coefficient (Wildman–Crippen LogP) is 2.82. The number of benzene rings is 2. The maximum atomic E-state index is 5.91. The average Bonchev–Trinajstić information content (AvgIpc) is 3.03. The van der Waals surface area contributed by atoms with Crippen LogP contribution in [0.3, 0.4) is 0 Å². The first kappa shape index (κ1) is 14.9. The summed E-state index contributed by atoms with van der Waals surface area (Å²) in [6.45, 7) is 2.81. The lowest BCUT2D eigenvalue weighted by Gasteiger charge is -2.12. The molecule has 1 aliphatic heterocycles. The summed E-state index contributed by atoms with van der Waals surface area (Å²) in [6, 6.07) is 16.9. The first-order valence-corrected chi connectivity index (χ1v) is 7.83. The molecule has 2 atom stereocenters. The Morgan fingerprint density at radius 2 is 1.95 bits per heavy atom. The number of ether oxygens (including phenoxy) is 1. The molecule has 4 N–H and O–H groups in total. The van der Waals surface area contributed by atoms with Crippen molar-refractivity contribution in [3.63, 3.8) is 0 Å². The van der Waals surface area contributed by atoms with Gasteiger partial charge in [0.05, 0.1) is 6.04 Å². The normalized spacial score (nSPS) is 21.0. The van der Waals surface area contributed by atoms with Gasteiger partial charge in [-0.25, -0.2) is 5.43 Å². The minimum atomic E-state index is 0.299. The Kier molecular flexibility index (Phi) is 4.61. The highest BCUT2D eigenvalue weighted by Gasteiger charge is 2.25. The second-order valence-corrected chi connectivity index (χ2v) is 5.75. The molecule has 1 aliphatic rings. The van der Waals surface area contributed by atoms with Crippen LogP contribution >= 0.6 is 0 Å². The van der Waals surface area contributed by atoms with E-state index >= 15 is 0 Å². The van der Waals surface area contributed by atoms with Crippen LogP contribution in [0.1, 0.15) is 30.5 Å². The molecular formula is C18H23N3O. The van der Waals surface area contributed by atoms with E-state index in [1.807, 2.05) is 24.3 Å². The molecule has 1 fully saturated rings. The number of aryl methyl sites for hydroxylation is 1. The summed E-state index contributed by atoms with van der Waals surface area (Å²) in [7, 11) is 0. The second kappa shape index (κ2) is 6.81. The highest BCUT2D eigenvalue weighted by Crippen LogP contribution is 2.23. The summed E-state index contributed by atoms with van der Waals surface area (Å²) >= 11 is 0. The molecule has 2 aromatic rings. The van der Waals surface area contributed by atoms with Gasteiger partial charge in [-0.1, -0.05) is 31.2 Å². The molecule has 2 unspecified atom stereocenters. The maximum absolute atomic E-state index is 5.91. The molecule has 0 spiro atoms. The number of hydrogen-bond acceptors (Lipinski definition) is 4. The first-order chi connectivity index (χ1) is 10.7. The molecular weight excluding hydrogens is 274 g/mol. The van der Waals surface area contributed by atoms with Gasteiger partial charge in [-0.3, -0.25) is 5.43 Å². The summed E-state index contributed by atoms with van der Waals surface area (Å²) in [5.41, 5.74) is 15.7. The number of anilines is 1. The third-order valence-electron chi connectivity index (χ3n) is 4.08. The van der Waals surface area contributed by atoms with Crippen molar-refractivity contribution in [2.75, 3.05) is 12.3 Å². The quantitative estimate of drug-likeness (QED) is 0.743. The molecule has 4 heteroatoms. The van der Waals surface area contributed by atoms with Crippen LogP contribution in [0.4, 0.5) is 5.69 Å². The highest BCUT2D eigenvalue weighted by molar-refractivity contribution is 5.40. The zero-order valence-electron chi connectivity index (χ0n) is 12.9. The van der Waals surface area contributed by atoms with Gasteiger partial charge >= 0.3 is 0 Å². The largest absolute Gasteiger partial charge is 0.492 e. The van der Waals surface area contributed by atoms with Gasteiger partial charge in [-0.05, 0) is 48.2 Å². The molecule has 0 radical (unpaired) electrons. The topological polar surface area (TPSA) is 59.3 Å². The van der Waals surface area contributed by atoms with E-state index in [0.29, 0.717) is 18.7 Å². The molecule has 0 aliphatic carbocycles. The van der Waals surface area contributed by atoms with E-state index < -0.39 is 0 Å². The van der Waals surface area contributed by atoms with E-state index in [1.54, 1.807) is 0 Å². The molecule has 3 rings (SSSR count). The smallest absolute Gasteiger partial charge is 0.119 e. The monoisotopic (exact) mass is 297 g/mol. The number of nitrogen functional groups attached to an aromatic ring is 1. The average molecular weight is 297 g/mol. The van der Waals surface area contributed by atoms with Gasteiger partial charge < -0.3 is 10.5 Å². The minimum absolute atomic E-state index is 0.299. The van der Waals surface area contributed by atoms with Crippen molar-refractivity contribution in [3.8, 4) is 5.75 Å². The number of nitrogens with one attached hydrogen (secondary N) is 2. The van der Waals surface area contributed by atoms with Gasteiger partial charge in [0.1, 0.15) is 12.4 Å². The van der Waals surface area contributed by atoms with Crippen LogP contribution in [0.15, 0.2) is 48.5 Å². The predicted molar refractivity (Wildman–Crippen MR) is 89.6 cm³/mol. The molecule has 0 saturated carbocycles. The molecule has 1 saturated heterocycles. The highest BCUT2D eigenvalue weighted by atomic mass is 16.5. The van der Waals surface area contributed by atoms with Crippen molar-refractivity contribution in [1.29, 1.82) is 0 Å². The zero-order chi connectivity index (χ0) is 15.4. The summed E-state index contributed by atoms with van der Waals surface area (Å²) in [5, 5.41) is 0. The Labute approximate surface area is 131 Å². The van der Waals surface area contributed by atoms with Crippen molar-refractivity contribution in [3.05, 3.63) is 59.7 Å². The van der Waals surface area contributed by atoms with Crippen LogP contribution < -0.4 is 21.3 Å². The van der Waals surface area contributed by atoms with Crippen molar-refractivity contribution in [1.82, 2.24) is 10.9 Å². The lowest BCUT2D eigenvalue weighted by Crippen LogP contribution is -2.34. The van der Waals surface area contributed by atoms with Gasteiger partial charge in [-0.2, -0.15) is 0 Å². The molecule has 116 valence electrons. The van der Waals surface area contributed by atoms with Gasteiger partial charge in [-0.15, -0.1) is 0 Å². The minimum Gasteiger partial charge on any atom is -0.492 e. The van der Waals surface area contributed by atoms with E-state index in [2.05, 4.69) is 42.0 Å². The van der Waals surface area contributed by atoms with Gasteiger partial charge in [0.2, 0.25) is 0 Å². The van der Waals surface area contributed by atoms with Crippen LogP contribution in [-0.2, 0) is 6.42 Å². The van der Waals surface area contributed by atoms with Crippen molar-refractivity contribution in [2.24, 2.45) is 0 Å². The Balaban J connectivity index is 1.53. The van der Waals surface area contributed by atoms with E-state index in [4.69, 9.17) is 10.5 Å². The molecule has 4 nitrogen and oxygen atoms in total. The second-order valence-electron chi connectivity index (χ2n) is 5.75. The molecule has 0 bridgehead atoms. The maximum Gasteiger partial charge on any atom is 0.119 e. The third kappa shape index (κ3) is 3.59. The van der Waals surface area contributed by atoms with Gasteiger partial charge in [0.15, 0.2) is 0 Å². The van der Waals surface area contributed by atoms with Gasteiger partial charge in [0, 0.05) is 11.7 Å². The summed E-state index contributed by atoms with van der Waals surface area (Å²) < 4.78 is 5.91. The summed E-state index contributed by atoms with van der Waals surface area (Å²) in [4.78, 5) is 0. The zero-order valence-corrected chi connectivity index (χ0v) is 12.9. The SMILES string of the molecule is CCc1cccc(OCC2CC(c3ccc(N)cc3)NN2)c1. The van der Waals surface area contributed by atoms with E-state index in [1.165, 1.54) is 11.1 Å². The number of hydrogen-bond donors (Lipinski definition) is 3. The first-order valence-electron chi connectivity index (χ1n) is 7.83. The van der Waals surface area contributed by atoms with Crippen LogP contribution in [0.2, 0.25) is 0 Å². The Bertz CT molecular complexity index is 612. The molecule has 0 amide bonds. The fraction of sp³-hybridized carbons (Fsp3) is 0.333. The fourth-order valence-corrected chi connectivity index (χ4v) is 2.73. The number of nitrogens with two attached hydrogens (primary N) is 1. The molecule has 0 aromatic heterocycles. The molecule has 1 heterocycles. The van der Waals surface area contributed by atoms with Crippen molar-refractivity contribution in [2.45, 2.75) is 31.8 Å². The lowest BCUT2D eigenvalue weighted by molar-refractivity contribution is 0.272. The Hall–Kier alpha value is -2.04. The van der Waals surface area contributed by atoms with Crippen LogP contribution in [-0.4, -0.2) is 12.6 Å². The number of hydrazine groups is 1. The lowest BCUT2D eigenvalue weighted by atomic mass is 10.0. The summed E-state index contributed by atoms with van der Waals surface area (Å²) in [5.74, 6) is 0.942. The Morgan fingerprint density at radius 3 is 2.73 bits per heavy atom.